The summed E-state index contributed by atoms with van der Waals surface area (Å²) in [6.07, 6.45) is -20.3. The van der Waals surface area contributed by atoms with Crippen molar-refractivity contribution in [1.29, 1.82) is 0 Å². The van der Waals surface area contributed by atoms with E-state index >= 15 is 0 Å². The van der Waals surface area contributed by atoms with E-state index in [9.17, 15) is 61.0 Å². The number of aromatic nitrogens is 3. The first kappa shape index (κ1) is 38.6. The molecule has 0 bridgehead atoms. The maximum atomic E-state index is 10.5. The lowest BCUT2D eigenvalue weighted by Gasteiger charge is -2.42. The van der Waals surface area contributed by atoms with E-state index in [-0.39, 0.29) is 6.54 Å². The monoisotopic (exact) mass is 670 g/mol. The number of carbonyl (C=O) groups excluding carboxylic acids is 1. The van der Waals surface area contributed by atoms with Crippen LogP contribution in [0.5, 0.6) is 0 Å². The number of hydrogen-bond donors (Lipinski definition) is 11. The van der Waals surface area contributed by atoms with Crippen molar-refractivity contribution in [1.82, 2.24) is 19.9 Å². The lowest BCUT2D eigenvalue weighted by atomic mass is 9.98. The Morgan fingerprint density at radius 2 is 1.48 bits per heavy atom. The first-order valence-electron chi connectivity index (χ1n) is 14.8. The van der Waals surface area contributed by atoms with Crippen LogP contribution in [0.4, 0.5) is 0 Å². The summed E-state index contributed by atoms with van der Waals surface area (Å²) in [6, 6.07) is 0. The average molecular weight is 671 g/mol. The molecular formula is C26H46N4O16. The second-order valence-electron chi connectivity index (χ2n) is 11.4. The Balaban J connectivity index is 1.46. The molecule has 0 aliphatic carbocycles. The van der Waals surface area contributed by atoms with Crippen LogP contribution in [0.25, 0.3) is 0 Å². The molecule has 14 atom stereocenters. The van der Waals surface area contributed by atoms with Crippen LogP contribution in [0.1, 0.15) is 12.1 Å². The summed E-state index contributed by atoms with van der Waals surface area (Å²) in [5.74, 6) is 0. The molecule has 20 nitrogen and oxygen atoms in total. The average Bonchev–Trinajstić information content (AvgIpc) is 3.51. The molecule has 0 aromatic carbocycles. The van der Waals surface area contributed by atoms with Gasteiger partial charge in [-0.2, -0.15) is 0 Å². The topological polar surface area (TPSA) is 310 Å². The van der Waals surface area contributed by atoms with Crippen molar-refractivity contribution in [3.05, 3.63) is 11.9 Å². The van der Waals surface area contributed by atoms with Crippen LogP contribution in [-0.4, -0.2) is 208 Å². The summed E-state index contributed by atoms with van der Waals surface area (Å²) in [7, 11) is 1.64. The highest BCUT2D eigenvalue weighted by Gasteiger charge is 2.47. The van der Waals surface area contributed by atoms with E-state index in [1.807, 2.05) is 0 Å². The number of rotatable bonds is 18. The number of likely N-dealkylation sites (N-methyl/N-ethyl adjacent to an activating group) is 1. The van der Waals surface area contributed by atoms with E-state index in [0.29, 0.717) is 31.6 Å². The molecule has 1 aromatic heterocycles. The molecule has 2 saturated heterocycles. The Labute approximate surface area is 263 Å². The molecule has 1 aromatic rings. The molecule has 266 valence electrons. The summed E-state index contributed by atoms with van der Waals surface area (Å²) < 4.78 is 22.8. The third-order valence-corrected chi connectivity index (χ3v) is 7.83. The Hall–Kier alpha value is -1.83. The van der Waals surface area contributed by atoms with E-state index in [2.05, 4.69) is 10.3 Å². The summed E-state index contributed by atoms with van der Waals surface area (Å²) in [6.45, 7) is -1.43. The number of hydrogen-bond acceptors (Lipinski definition) is 19. The van der Waals surface area contributed by atoms with Crippen molar-refractivity contribution in [3.8, 4) is 0 Å². The van der Waals surface area contributed by atoms with Crippen LogP contribution in [0.2, 0.25) is 0 Å². The number of aryl methyl sites for hydroxylation is 1. The normalized spacial score (nSPS) is 34.7. The van der Waals surface area contributed by atoms with E-state index in [4.69, 9.17) is 18.9 Å². The van der Waals surface area contributed by atoms with E-state index in [1.54, 1.807) is 22.8 Å². The third kappa shape index (κ3) is 10.1. The van der Waals surface area contributed by atoms with Gasteiger partial charge in [-0.1, -0.05) is 5.21 Å². The fourth-order valence-corrected chi connectivity index (χ4v) is 4.89. The molecule has 2 aliphatic heterocycles. The van der Waals surface area contributed by atoms with Gasteiger partial charge in [-0.15, -0.1) is 5.10 Å². The number of aldehydes is 1. The number of aliphatic hydroxyl groups excluding tert-OH is 11. The number of aliphatic hydroxyl groups is 11. The zero-order valence-corrected chi connectivity index (χ0v) is 25.1. The molecule has 3 heterocycles. The summed E-state index contributed by atoms with van der Waals surface area (Å²) >= 11 is 0. The molecule has 0 amide bonds. The van der Waals surface area contributed by atoms with Crippen LogP contribution < -0.4 is 0 Å². The van der Waals surface area contributed by atoms with Gasteiger partial charge >= 0.3 is 0 Å². The van der Waals surface area contributed by atoms with Gasteiger partial charge in [-0.25, -0.2) is 0 Å². The molecule has 0 saturated carbocycles. The highest BCUT2D eigenvalue weighted by atomic mass is 16.7. The van der Waals surface area contributed by atoms with Gasteiger partial charge in [0, 0.05) is 25.7 Å². The van der Waals surface area contributed by atoms with Gasteiger partial charge in [0.15, 0.2) is 12.6 Å². The van der Waals surface area contributed by atoms with Gasteiger partial charge in [0.25, 0.3) is 0 Å². The SMILES string of the molecule is CN(CCn1cc(CCC=O)nn1)CC(O)[C@@H](O)[C@H](O)[C@H](O)CO[C@@H]1OC(CO[C@@H]2O[C@H](CO)[C@@H](O)[C@H](O)[C@H]2O)[C@@H](O)[C@H](O)[C@H]1O. The quantitative estimate of drug-likeness (QED) is 0.0646. The van der Waals surface area contributed by atoms with Gasteiger partial charge < -0.3 is 84.8 Å². The predicted octanol–water partition coefficient (Wildman–Crippen LogP) is -7.57. The van der Waals surface area contributed by atoms with E-state index in [0.717, 1.165) is 6.29 Å². The van der Waals surface area contributed by atoms with Crippen LogP contribution >= 0.6 is 0 Å². The molecule has 2 fully saturated rings. The summed E-state index contributed by atoms with van der Waals surface area (Å²) in [4.78, 5) is 12.1. The molecule has 3 rings (SSSR count). The Bertz CT molecular complexity index is 1040. The number of carbonyl (C=O) groups is 1. The van der Waals surface area contributed by atoms with Crippen LogP contribution in [0.15, 0.2) is 6.20 Å². The largest absolute Gasteiger partial charge is 0.394 e. The molecule has 2 aliphatic rings. The highest BCUT2D eigenvalue weighted by molar-refractivity contribution is 5.49. The lowest BCUT2D eigenvalue weighted by Crippen LogP contribution is -2.62. The zero-order valence-electron chi connectivity index (χ0n) is 25.1. The molecule has 2 unspecified atom stereocenters. The second-order valence-corrected chi connectivity index (χ2v) is 11.4. The number of ether oxygens (including phenoxy) is 4. The van der Waals surface area contributed by atoms with Crippen LogP contribution in [-0.2, 0) is 36.7 Å². The molecule has 46 heavy (non-hydrogen) atoms. The van der Waals surface area contributed by atoms with Gasteiger partial charge in [0.05, 0.1) is 38.2 Å². The summed E-state index contributed by atoms with van der Waals surface area (Å²) in [5.41, 5.74) is 0.651. The van der Waals surface area contributed by atoms with Crippen molar-refractivity contribution in [2.45, 2.75) is 105 Å². The molecule has 11 N–H and O–H groups in total. The third-order valence-electron chi connectivity index (χ3n) is 7.83. The molecule has 20 heteroatoms. The predicted molar refractivity (Wildman–Crippen MR) is 148 cm³/mol. The van der Waals surface area contributed by atoms with Crippen molar-refractivity contribution < 1.29 is 79.9 Å². The maximum Gasteiger partial charge on any atom is 0.186 e. The standard InChI is InChI=1S/C26H46N4O16/c1-29(4-5-30-7-12(27-28-30)3-2-6-31)8-13(33)17(35)18(36)14(34)10-43-25-24(42)22(40)20(38)16(46-25)11-44-26-23(41)21(39)19(37)15(9-32)45-26/h6-7,13-26,32-42H,2-5,8-11H2,1H3/t13?,14-,15-,16?,17-,18-,19-,20-,21+,22+,23-,24-,25-,26-/m1/s1. The highest BCUT2D eigenvalue weighted by Crippen LogP contribution is 2.26. The van der Waals surface area contributed by atoms with Crippen LogP contribution in [0.3, 0.4) is 0 Å². The Morgan fingerprint density at radius 3 is 2.11 bits per heavy atom. The first-order valence-corrected chi connectivity index (χ1v) is 14.8. The summed E-state index contributed by atoms with van der Waals surface area (Å²) in [5, 5.41) is 120. The van der Waals surface area contributed by atoms with Gasteiger partial charge in [-0.05, 0) is 13.5 Å². The minimum Gasteiger partial charge on any atom is -0.394 e. The van der Waals surface area contributed by atoms with Crippen molar-refractivity contribution >= 4 is 6.29 Å². The van der Waals surface area contributed by atoms with E-state index < -0.39 is 106 Å². The van der Waals surface area contributed by atoms with Crippen molar-refractivity contribution in [3.63, 3.8) is 0 Å². The van der Waals surface area contributed by atoms with Crippen molar-refractivity contribution in [2.75, 3.05) is 40.0 Å². The first-order chi connectivity index (χ1) is 21.8. The zero-order chi connectivity index (χ0) is 34.1. The maximum absolute atomic E-state index is 10.5. The number of nitrogens with zero attached hydrogens (tertiary/aromatic N) is 4. The Morgan fingerprint density at radius 1 is 0.891 bits per heavy atom. The fourth-order valence-electron chi connectivity index (χ4n) is 4.89. The van der Waals surface area contributed by atoms with Gasteiger partial charge in [0.2, 0.25) is 0 Å². The fraction of sp³-hybridized carbons (Fsp3) is 0.885. The van der Waals surface area contributed by atoms with Crippen molar-refractivity contribution in [2.24, 2.45) is 0 Å². The van der Waals surface area contributed by atoms with Crippen LogP contribution in [0, 0.1) is 0 Å². The van der Waals surface area contributed by atoms with Gasteiger partial charge in [-0.3, -0.25) is 4.68 Å². The van der Waals surface area contributed by atoms with E-state index in [1.165, 1.54) is 0 Å². The second kappa shape index (κ2) is 18.1. The molecule has 0 radical (unpaired) electrons. The molecular weight excluding hydrogens is 624 g/mol. The lowest BCUT2D eigenvalue weighted by molar-refractivity contribution is -0.333. The molecule has 0 spiro atoms. The van der Waals surface area contributed by atoms with Gasteiger partial charge in [0.1, 0.15) is 73.4 Å². The smallest absolute Gasteiger partial charge is 0.186 e. The minimum absolute atomic E-state index is 0.108. The Kier molecular flexibility index (Phi) is 15.2. The minimum atomic E-state index is -1.92.